The zero-order valence-electron chi connectivity index (χ0n) is 10.9. The molecule has 1 aliphatic rings. The summed E-state index contributed by atoms with van der Waals surface area (Å²) in [5.74, 6) is 0.520. The van der Waals surface area contributed by atoms with Gasteiger partial charge in [-0.25, -0.2) is 14.4 Å². The van der Waals surface area contributed by atoms with Gasteiger partial charge in [0.05, 0.1) is 5.69 Å². The Hall–Kier alpha value is -1.81. The van der Waals surface area contributed by atoms with Gasteiger partial charge in [0.15, 0.2) is 0 Å². The lowest BCUT2D eigenvalue weighted by atomic mass is 10.0. The fourth-order valence-electron chi connectivity index (χ4n) is 2.47. The van der Waals surface area contributed by atoms with Crippen molar-refractivity contribution in [3.05, 3.63) is 58.4 Å². The van der Waals surface area contributed by atoms with Crippen molar-refractivity contribution in [1.29, 1.82) is 0 Å². The minimum atomic E-state index is -0.192. The van der Waals surface area contributed by atoms with Crippen molar-refractivity contribution in [1.82, 2.24) is 15.3 Å². The first-order valence-corrected chi connectivity index (χ1v) is 6.53. The van der Waals surface area contributed by atoms with Crippen molar-refractivity contribution in [2.24, 2.45) is 0 Å². The molecule has 0 saturated heterocycles. The topological polar surface area (TPSA) is 37.8 Å². The highest BCUT2D eigenvalue weighted by Gasteiger charge is 2.15. The molecule has 1 N–H and O–H groups in total. The normalized spacial score (nSPS) is 14.2. The summed E-state index contributed by atoms with van der Waals surface area (Å²) in [6, 6.07) is 6.80. The maximum atomic E-state index is 13.6. The lowest BCUT2D eigenvalue weighted by Gasteiger charge is -2.18. The Bertz CT molecular complexity index is 610. The van der Waals surface area contributed by atoms with Crippen LogP contribution in [-0.2, 0) is 19.4 Å². The first-order chi connectivity index (χ1) is 9.24. The van der Waals surface area contributed by atoms with Crippen LogP contribution in [0.1, 0.15) is 28.3 Å². The number of rotatable bonds is 2. The number of halogens is 1. The lowest BCUT2D eigenvalue weighted by molar-refractivity contribution is 0.604. The third-order valence-electron chi connectivity index (χ3n) is 3.49. The Kier molecular flexibility index (Phi) is 3.25. The quantitative estimate of drug-likeness (QED) is 0.896. The molecule has 0 spiro atoms. The number of nitrogens with one attached hydrogen (secondary N) is 1. The average Bonchev–Trinajstić information content (AvgIpc) is 2.42. The van der Waals surface area contributed by atoms with Crippen molar-refractivity contribution < 1.29 is 4.39 Å². The van der Waals surface area contributed by atoms with E-state index in [2.05, 4.69) is 15.3 Å². The summed E-state index contributed by atoms with van der Waals surface area (Å²) >= 11 is 0. The van der Waals surface area contributed by atoms with Crippen LogP contribution in [0.15, 0.2) is 24.3 Å². The lowest BCUT2D eigenvalue weighted by Crippen LogP contribution is -2.26. The number of hydrogen-bond acceptors (Lipinski definition) is 3. The largest absolute Gasteiger partial charge is 0.312 e. The molecule has 2 heterocycles. The Balaban J connectivity index is 1.94. The van der Waals surface area contributed by atoms with Crippen LogP contribution in [-0.4, -0.2) is 16.5 Å². The van der Waals surface area contributed by atoms with Gasteiger partial charge in [0, 0.05) is 37.2 Å². The van der Waals surface area contributed by atoms with Gasteiger partial charge in [-0.15, -0.1) is 0 Å². The molecule has 0 amide bonds. The SMILES string of the molecule is Cc1nc(Cc2ccccc2F)nc2c1CNCC2. The zero-order chi connectivity index (χ0) is 13.2. The molecule has 4 heteroatoms. The van der Waals surface area contributed by atoms with Gasteiger partial charge in [-0.3, -0.25) is 0 Å². The van der Waals surface area contributed by atoms with E-state index in [0.29, 0.717) is 17.8 Å². The van der Waals surface area contributed by atoms with Crippen molar-refractivity contribution in [2.45, 2.75) is 26.3 Å². The van der Waals surface area contributed by atoms with Crippen molar-refractivity contribution in [3.63, 3.8) is 0 Å². The highest BCUT2D eigenvalue weighted by molar-refractivity contribution is 5.29. The molecule has 0 atom stereocenters. The summed E-state index contributed by atoms with van der Waals surface area (Å²) in [6.07, 6.45) is 1.37. The maximum Gasteiger partial charge on any atom is 0.133 e. The van der Waals surface area contributed by atoms with Crippen LogP contribution in [0.2, 0.25) is 0 Å². The minimum absolute atomic E-state index is 0.192. The van der Waals surface area contributed by atoms with Crippen LogP contribution < -0.4 is 5.32 Å². The maximum absolute atomic E-state index is 13.6. The van der Waals surface area contributed by atoms with Gasteiger partial charge in [0.1, 0.15) is 11.6 Å². The summed E-state index contributed by atoms with van der Waals surface area (Å²) in [4.78, 5) is 9.10. The molecule has 19 heavy (non-hydrogen) atoms. The van der Waals surface area contributed by atoms with Crippen molar-refractivity contribution >= 4 is 0 Å². The summed E-state index contributed by atoms with van der Waals surface area (Å²) in [5.41, 5.74) is 3.96. The van der Waals surface area contributed by atoms with E-state index >= 15 is 0 Å². The number of fused-ring (bicyclic) bond motifs is 1. The Morgan fingerprint density at radius 3 is 2.95 bits per heavy atom. The molecule has 0 saturated carbocycles. The number of nitrogens with zero attached hydrogens (tertiary/aromatic N) is 2. The van der Waals surface area contributed by atoms with E-state index in [4.69, 9.17) is 0 Å². The number of benzene rings is 1. The van der Waals surface area contributed by atoms with Crippen molar-refractivity contribution in [3.8, 4) is 0 Å². The zero-order valence-corrected chi connectivity index (χ0v) is 10.9. The molecule has 1 aliphatic heterocycles. The van der Waals surface area contributed by atoms with Crippen LogP contribution in [0.3, 0.4) is 0 Å². The van der Waals surface area contributed by atoms with E-state index in [1.165, 1.54) is 11.6 Å². The molecule has 3 rings (SSSR count). The van der Waals surface area contributed by atoms with Gasteiger partial charge in [-0.2, -0.15) is 0 Å². The van der Waals surface area contributed by atoms with Crippen LogP contribution >= 0.6 is 0 Å². The molecule has 0 fully saturated rings. The van der Waals surface area contributed by atoms with Crippen LogP contribution in [0.25, 0.3) is 0 Å². The van der Waals surface area contributed by atoms with Gasteiger partial charge in [0.2, 0.25) is 0 Å². The monoisotopic (exact) mass is 257 g/mol. The van der Waals surface area contributed by atoms with Gasteiger partial charge < -0.3 is 5.32 Å². The molecular weight excluding hydrogens is 241 g/mol. The van der Waals surface area contributed by atoms with Gasteiger partial charge in [-0.05, 0) is 18.6 Å². The van der Waals surface area contributed by atoms with Gasteiger partial charge >= 0.3 is 0 Å². The first kappa shape index (κ1) is 12.2. The van der Waals surface area contributed by atoms with Gasteiger partial charge in [0.25, 0.3) is 0 Å². The molecule has 98 valence electrons. The van der Waals surface area contributed by atoms with E-state index in [-0.39, 0.29) is 5.82 Å². The summed E-state index contributed by atoms with van der Waals surface area (Å²) < 4.78 is 13.6. The molecule has 3 nitrogen and oxygen atoms in total. The van der Waals surface area contributed by atoms with E-state index in [1.807, 2.05) is 13.0 Å². The fraction of sp³-hybridized carbons (Fsp3) is 0.333. The molecule has 1 aromatic heterocycles. The second kappa shape index (κ2) is 5.05. The number of hydrogen-bond donors (Lipinski definition) is 1. The van der Waals surface area contributed by atoms with E-state index in [0.717, 1.165) is 30.9 Å². The van der Waals surface area contributed by atoms with Crippen molar-refractivity contribution in [2.75, 3.05) is 6.54 Å². The Morgan fingerprint density at radius 1 is 1.26 bits per heavy atom. The third kappa shape index (κ3) is 2.49. The first-order valence-electron chi connectivity index (χ1n) is 6.53. The summed E-state index contributed by atoms with van der Waals surface area (Å²) in [7, 11) is 0. The summed E-state index contributed by atoms with van der Waals surface area (Å²) in [5, 5.41) is 3.32. The van der Waals surface area contributed by atoms with Crippen LogP contribution in [0.5, 0.6) is 0 Å². The number of aryl methyl sites for hydroxylation is 1. The van der Waals surface area contributed by atoms with E-state index in [1.54, 1.807) is 12.1 Å². The van der Waals surface area contributed by atoms with E-state index < -0.39 is 0 Å². The average molecular weight is 257 g/mol. The second-order valence-electron chi connectivity index (χ2n) is 4.85. The predicted molar refractivity (Wildman–Crippen MR) is 71.4 cm³/mol. The Morgan fingerprint density at radius 2 is 2.11 bits per heavy atom. The molecule has 2 aromatic rings. The molecule has 0 bridgehead atoms. The summed E-state index contributed by atoms with van der Waals surface area (Å²) in [6.45, 7) is 3.78. The molecule has 1 aromatic carbocycles. The van der Waals surface area contributed by atoms with Crippen LogP contribution in [0, 0.1) is 12.7 Å². The smallest absolute Gasteiger partial charge is 0.133 e. The van der Waals surface area contributed by atoms with Gasteiger partial charge in [-0.1, -0.05) is 18.2 Å². The highest BCUT2D eigenvalue weighted by atomic mass is 19.1. The second-order valence-corrected chi connectivity index (χ2v) is 4.85. The highest BCUT2D eigenvalue weighted by Crippen LogP contribution is 2.17. The minimum Gasteiger partial charge on any atom is -0.312 e. The predicted octanol–water partition coefficient (Wildman–Crippen LogP) is 2.16. The standard InChI is InChI=1S/C15H16FN3/c1-10-12-9-17-7-6-14(12)19-15(18-10)8-11-4-2-3-5-13(11)16/h2-5,17H,6-9H2,1H3. The van der Waals surface area contributed by atoms with E-state index in [9.17, 15) is 4.39 Å². The molecular formula is C15H16FN3. The number of aromatic nitrogens is 2. The molecule has 0 aliphatic carbocycles. The Labute approximate surface area is 111 Å². The molecule has 0 unspecified atom stereocenters. The fourth-order valence-corrected chi connectivity index (χ4v) is 2.47. The molecule has 0 radical (unpaired) electrons. The third-order valence-corrected chi connectivity index (χ3v) is 3.49. The van der Waals surface area contributed by atoms with Crippen LogP contribution in [0.4, 0.5) is 4.39 Å².